The average Bonchev–Trinajstić information content (AvgIpc) is 3.20. The van der Waals surface area contributed by atoms with E-state index < -0.39 is 5.97 Å². The third-order valence-corrected chi connectivity index (χ3v) is 5.73. The van der Waals surface area contributed by atoms with Gasteiger partial charge in [-0.15, -0.1) is 0 Å². The molecule has 3 aromatic carbocycles. The Bertz CT molecular complexity index is 1250. The molecule has 34 heavy (non-hydrogen) atoms. The number of nitrogens with zero attached hydrogens (tertiary/aromatic N) is 1. The molecule has 0 aromatic heterocycles. The average molecular weight is 476 g/mol. The van der Waals surface area contributed by atoms with Crippen LogP contribution in [0.3, 0.4) is 0 Å². The van der Waals surface area contributed by atoms with Crippen molar-refractivity contribution in [1.29, 1.82) is 0 Å². The molecule has 0 amide bonds. The first-order valence-corrected chi connectivity index (χ1v) is 11.6. The molecule has 0 radical (unpaired) electrons. The molecule has 0 saturated heterocycles. The van der Waals surface area contributed by atoms with E-state index in [1.165, 1.54) is 5.56 Å². The van der Waals surface area contributed by atoms with E-state index in [-0.39, 0.29) is 5.70 Å². The number of benzene rings is 3. The van der Waals surface area contributed by atoms with Crippen LogP contribution in [0.2, 0.25) is 5.02 Å². The number of rotatable bonds is 8. The van der Waals surface area contributed by atoms with Gasteiger partial charge in [-0.2, -0.15) is 0 Å². The van der Waals surface area contributed by atoms with E-state index in [4.69, 9.17) is 25.8 Å². The fourth-order valence-electron chi connectivity index (χ4n) is 3.47. The van der Waals surface area contributed by atoms with Gasteiger partial charge in [0.1, 0.15) is 6.61 Å². The molecule has 0 spiro atoms. The van der Waals surface area contributed by atoms with Crippen LogP contribution in [0.1, 0.15) is 48.9 Å². The van der Waals surface area contributed by atoms with E-state index in [0.717, 1.165) is 16.7 Å². The number of esters is 1. The Balaban J connectivity index is 1.55. The zero-order chi connectivity index (χ0) is 24.1. The van der Waals surface area contributed by atoms with E-state index in [0.29, 0.717) is 41.6 Å². The third-order valence-electron chi connectivity index (χ3n) is 5.36. The van der Waals surface area contributed by atoms with Gasteiger partial charge < -0.3 is 14.2 Å². The smallest absolute Gasteiger partial charge is 0.363 e. The first-order valence-electron chi connectivity index (χ1n) is 11.2. The number of halogens is 1. The van der Waals surface area contributed by atoms with E-state index >= 15 is 0 Å². The highest BCUT2D eigenvalue weighted by molar-refractivity contribution is 6.31. The topological polar surface area (TPSA) is 57.1 Å². The highest BCUT2D eigenvalue weighted by Gasteiger charge is 2.24. The van der Waals surface area contributed by atoms with Crippen LogP contribution in [0.4, 0.5) is 0 Å². The van der Waals surface area contributed by atoms with E-state index in [2.05, 4.69) is 18.8 Å². The molecular formula is C28H26ClNO4. The zero-order valence-electron chi connectivity index (χ0n) is 19.4. The van der Waals surface area contributed by atoms with Gasteiger partial charge in [-0.1, -0.05) is 61.8 Å². The molecule has 5 nitrogen and oxygen atoms in total. The lowest BCUT2D eigenvalue weighted by Gasteiger charge is -2.13. The van der Waals surface area contributed by atoms with Crippen LogP contribution >= 0.6 is 11.6 Å². The van der Waals surface area contributed by atoms with Gasteiger partial charge in [-0.05, 0) is 60.4 Å². The summed E-state index contributed by atoms with van der Waals surface area (Å²) in [4.78, 5) is 16.8. The minimum atomic E-state index is -0.486. The molecule has 0 bridgehead atoms. The van der Waals surface area contributed by atoms with Crippen molar-refractivity contribution in [2.75, 3.05) is 6.61 Å². The summed E-state index contributed by atoms with van der Waals surface area (Å²) in [5, 5.41) is 0.647. The lowest BCUT2D eigenvalue weighted by Crippen LogP contribution is -2.05. The molecule has 1 heterocycles. The predicted molar refractivity (Wildman–Crippen MR) is 135 cm³/mol. The van der Waals surface area contributed by atoms with Gasteiger partial charge >= 0.3 is 5.97 Å². The second kappa shape index (κ2) is 10.6. The summed E-state index contributed by atoms with van der Waals surface area (Å²) in [7, 11) is 0. The van der Waals surface area contributed by atoms with Gasteiger partial charge in [0.25, 0.3) is 0 Å². The monoisotopic (exact) mass is 475 g/mol. The van der Waals surface area contributed by atoms with Gasteiger partial charge in [-0.25, -0.2) is 9.79 Å². The summed E-state index contributed by atoms with van der Waals surface area (Å²) >= 11 is 6.23. The van der Waals surface area contributed by atoms with Crippen LogP contribution in [0.5, 0.6) is 11.5 Å². The Labute approximate surface area is 204 Å². The molecule has 0 saturated carbocycles. The molecular weight excluding hydrogens is 450 g/mol. The molecule has 6 heteroatoms. The second-order valence-corrected chi connectivity index (χ2v) is 8.54. The number of hydrogen-bond acceptors (Lipinski definition) is 5. The summed E-state index contributed by atoms with van der Waals surface area (Å²) in [5.74, 6) is 1.40. The zero-order valence-corrected chi connectivity index (χ0v) is 20.1. The van der Waals surface area contributed by atoms with E-state index in [1.54, 1.807) is 6.08 Å². The van der Waals surface area contributed by atoms with Crippen molar-refractivity contribution in [2.45, 2.75) is 33.3 Å². The molecule has 0 N–H and O–H groups in total. The maximum absolute atomic E-state index is 12.4. The van der Waals surface area contributed by atoms with Crippen molar-refractivity contribution >= 4 is 29.5 Å². The van der Waals surface area contributed by atoms with Crippen molar-refractivity contribution in [3.63, 3.8) is 0 Å². The van der Waals surface area contributed by atoms with Crippen molar-refractivity contribution in [2.24, 2.45) is 4.99 Å². The molecule has 1 aliphatic heterocycles. The molecule has 174 valence electrons. The predicted octanol–water partition coefficient (Wildman–Crippen LogP) is 6.79. The molecule has 0 unspecified atom stereocenters. The Morgan fingerprint density at radius 1 is 1.00 bits per heavy atom. The van der Waals surface area contributed by atoms with E-state index in [1.807, 2.05) is 73.7 Å². The maximum Gasteiger partial charge on any atom is 0.363 e. The van der Waals surface area contributed by atoms with Gasteiger partial charge in [0, 0.05) is 16.1 Å². The first-order chi connectivity index (χ1) is 16.4. The number of aliphatic imine (C=N–C) groups is 1. The fraction of sp³-hybridized carbons (Fsp3) is 0.214. The minimum Gasteiger partial charge on any atom is -0.490 e. The Morgan fingerprint density at radius 3 is 2.47 bits per heavy atom. The summed E-state index contributed by atoms with van der Waals surface area (Å²) < 4.78 is 17.1. The Hall–Kier alpha value is -3.57. The molecule has 4 rings (SSSR count). The molecule has 3 aromatic rings. The van der Waals surface area contributed by atoms with Crippen LogP contribution in [0, 0.1) is 0 Å². The molecule has 0 aliphatic carbocycles. The molecule has 0 fully saturated rings. The SMILES string of the molecule is CCOc1cc(/C=C2\N=C(c3ccc(C(C)C)cc3)OC2=O)ccc1OCc1ccccc1Cl. The highest BCUT2D eigenvalue weighted by atomic mass is 35.5. The quantitative estimate of drug-likeness (QED) is 0.266. The largest absolute Gasteiger partial charge is 0.490 e. The highest BCUT2D eigenvalue weighted by Crippen LogP contribution is 2.31. The Kier molecular flexibility index (Phi) is 7.33. The summed E-state index contributed by atoms with van der Waals surface area (Å²) in [5.41, 5.74) is 3.84. The lowest BCUT2D eigenvalue weighted by atomic mass is 10.0. The van der Waals surface area contributed by atoms with Crippen LogP contribution in [-0.4, -0.2) is 18.5 Å². The number of carbonyl (C=O) groups excluding carboxylic acids is 1. The first kappa shape index (κ1) is 23.6. The van der Waals surface area contributed by atoms with Crippen molar-refractivity contribution in [3.8, 4) is 11.5 Å². The van der Waals surface area contributed by atoms with Gasteiger partial charge in [0.15, 0.2) is 17.2 Å². The normalized spacial score (nSPS) is 14.3. The van der Waals surface area contributed by atoms with Crippen LogP contribution in [-0.2, 0) is 16.1 Å². The number of hydrogen-bond donors (Lipinski definition) is 0. The second-order valence-electron chi connectivity index (χ2n) is 8.13. The Morgan fingerprint density at radius 2 is 1.76 bits per heavy atom. The van der Waals surface area contributed by atoms with Gasteiger partial charge in [0.2, 0.25) is 5.90 Å². The van der Waals surface area contributed by atoms with Crippen molar-refractivity contribution in [3.05, 3.63) is 99.7 Å². The number of ether oxygens (including phenoxy) is 3. The minimum absolute atomic E-state index is 0.232. The standard InChI is InChI=1S/C28H26ClNO4/c1-4-32-26-16-19(9-14-25(26)33-17-22-7-5-6-8-23(22)29)15-24-28(31)34-27(30-24)21-12-10-20(11-13-21)18(2)3/h5-16,18H,4,17H2,1-3H3/b24-15-. The summed E-state index contributed by atoms with van der Waals surface area (Å²) in [6, 6.07) is 20.9. The molecule has 0 atom stereocenters. The summed E-state index contributed by atoms with van der Waals surface area (Å²) in [6.07, 6.45) is 1.68. The lowest BCUT2D eigenvalue weighted by molar-refractivity contribution is -0.129. The van der Waals surface area contributed by atoms with E-state index in [9.17, 15) is 4.79 Å². The van der Waals surface area contributed by atoms with Crippen molar-refractivity contribution < 1.29 is 19.0 Å². The van der Waals surface area contributed by atoms with Crippen molar-refractivity contribution in [1.82, 2.24) is 0 Å². The maximum atomic E-state index is 12.4. The van der Waals surface area contributed by atoms with Gasteiger partial charge in [0.05, 0.1) is 6.61 Å². The van der Waals surface area contributed by atoms with Crippen LogP contribution in [0.15, 0.2) is 77.4 Å². The van der Waals surface area contributed by atoms with Crippen LogP contribution < -0.4 is 9.47 Å². The number of carbonyl (C=O) groups is 1. The third kappa shape index (κ3) is 5.49. The number of cyclic esters (lactones) is 1. The van der Waals surface area contributed by atoms with Gasteiger partial charge in [-0.3, -0.25) is 0 Å². The fourth-order valence-corrected chi connectivity index (χ4v) is 3.66. The molecule has 1 aliphatic rings. The summed E-state index contributed by atoms with van der Waals surface area (Å²) in [6.45, 7) is 6.95. The van der Waals surface area contributed by atoms with Crippen LogP contribution in [0.25, 0.3) is 6.08 Å².